The zero-order valence-electron chi connectivity index (χ0n) is 15.2. The van der Waals surface area contributed by atoms with Crippen molar-refractivity contribution in [3.8, 4) is 0 Å². The van der Waals surface area contributed by atoms with E-state index in [4.69, 9.17) is 4.74 Å². The maximum Gasteiger partial charge on any atom is 1.00 e. The molecule has 0 saturated carbocycles. The van der Waals surface area contributed by atoms with Crippen LogP contribution in [0.5, 0.6) is 0 Å². The number of carboxylic acids is 1. The zero-order chi connectivity index (χ0) is 17.1. The van der Waals surface area contributed by atoms with E-state index in [-0.39, 0.29) is 57.8 Å². The molecule has 4 atom stereocenters. The molecule has 5 nitrogen and oxygen atoms in total. The Bertz CT molecular complexity index is 904. The Kier molecular flexibility index (Phi) is 4.68. The van der Waals surface area contributed by atoms with Gasteiger partial charge in [-0.2, -0.15) is 0 Å². The summed E-state index contributed by atoms with van der Waals surface area (Å²) in [5, 5.41) is 12.9. The number of hydrogen-bond acceptors (Lipinski definition) is 4. The predicted molar refractivity (Wildman–Crippen MR) is 97.9 cm³/mol. The van der Waals surface area contributed by atoms with Gasteiger partial charge in [0.15, 0.2) is 0 Å². The van der Waals surface area contributed by atoms with E-state index < -0.39 is 5.97 Å². The van der Waals surface area contributed by atoms with Crippen LogP contribution in [0.25, 0.3) is 10.9 Å². The average molecular weight is 366 g/mol. The SMILES string of the molecule is C[C@@H]1OC=C(C(=O)[O-])C2CC3c4[nH]c5ccccc5c4CCN3CC21.[HH].[HH].[HH].[Na+]. The summed E-state index contributed by atoms with van der Waals surface area (Å²) in [5.41, 5.74) is 4.16. The number of rotatable bonds is 1. The molecular formula is C20H27N2NaO3. The van der Waals surface area contributed by atoms with Crippen LogP contribution in [-0.4, -0.2) is 35.0 Å². The number of aromatic nitrogens is 1. The van der Waals surface area contributed by atoms with Gasteiger partial charge in [-0.05, 0) is 37.3 Å². The van der Waals surface area contributed by atoms with Gasteiger partial charge in [0.25, 0.3) is 0 Å². The molecule has 6 heteroatoms. The summed E-state index contributed by atoms with van der Waals surface area (Å²) >= 11 is 0. The molecule has 1 N–H and O–H groups in total. The van der Waals surface area contributed by atoms with Crippen molar-refractivity contribution in [3.05, 3.63) is 47.4 Å². The van der Waals surface area contributed by atoms with Crippen LogP contribution in [0.15, 0.2) is 36.1 Å². The molecule has 4 heterocycles. The van der Waals surface area contributed by atoms with Crippen molar-refractivity contribution in [2.45, 2.75) is 31.9 Å². The predicted octanol–water partition coefficient (Wildman–Crippen LogP) is -0.502. The Morgan fingerprint density at radius 3 is 3.00 bits per heavy atom. The van der Waals surface area contributed by atoms with E-state index >= 15 is 0 Å². The largest absolute Gasteiger partial charge is 1.00 e. The molecule has 3 unspecified atom stereocenters. The summed E-state index contributed by atoms with van der Waals surface area (Å²) in [6.45, 7) is 3.93. The fourth-order valence-electron chi connectivity index (χ4n) is 5.07. The van der Waals surface area contributed by atoms with Gasteiger partial charge >= 0.3 is 29.6 Å². The summed E-state index contributed by atoms with van der Waals surface area (Å²) in [5.74, 6) is -0.893. The fourth-order valence-corrected chi connectivity index (χ4v) is 5.07. The Morgan fingerprint density at radius 2 is 2.19 bits per heavy atom. The summed E-state index contributed by atoms with van der Waals surface area (Å²) in [6, 6.07) is 8.67. The van der Waals surface area contributed by atoms with Gasteiger partial charge < -0.3 is 19.6 Å². The molecule has 0 aliphatic carbocycles. The van der Waals surface area contributed by atoms with Crippen molar-refractivity contribution in [3.63, 3.8) is 0 Å². The first-order valence-corrected chi connectivity index (χ1v) is 9.04. The number of ether oxygens (including phenoxy) is 1. The molecule has 2 aromatic rings. The second-order valence-electron chi connectivity index (χ2n) is 7.53. The number of piperidine rings is 1. The number of carboxylic acid groups (broad SMARTS) is 1. The average Bonchev–Trinajstić information content (AvgIpc) is 3.00. The standard InChI is InChI=1S/C20H22N2O3.Na.3H2/c1-11-15-9-22-7-6-13-12-4-2-3-5-17(12)21-19(13)18(22)8-14(15)16(10-25-11)20(23)24;;;;/h2-5,10-11,14-15,18,21H,6-9H2,1H3,(H,23,24);;3*1H/q;+1;;;/p-1/t11-,14?,15?,18?;;;;/m0..../s1. The van der Waals surface area contributed by atoms with E-state index in [1.165, 1.54) is 28.4 Å². The maximum absolute atomic E-state index is 11.6. The minimum atomic E-state index is -1.09. The van der Waals surface area contributed by atoms with Gasteiger partial charge in [-0.25, -0.2) is 0 Å². The third-order valence-corrected chi connectivity index (χ3v) is 6.36. The zero-order valence-corrected chi connectivity index (χ0v) is 17.2. The van der Waals surface area contributed by atoms with Crippen molar-refractivity contribution in [1.29, 1.82) is 0 Å². The smallest absolute Gasteiger partial charge is 0.545 e. The van der Waals surface area contributed by atoms with Crippen LogP contribution >= 0.6 is 0 Å². The molecule has 0 amide bonds. The Hall–Kier alpha value is -1.27. The number of nitrogens with one attached hydrogen (secondary N) is 1. The number of benzene rings is 1. The van der Waals surface area contributed by atoms with E-state index in [9.17, 15) is 9.90 Å². The van der Waals surface area contributed by atoms with Crippen molar-refractivity contribution < 1.29 is 48.5 Å². The molecule has 1 saturated heterocycles. The number of aromatic amines is 1. The molecule has 1 aromatic heterocycles. The Balaban J connectivity index is 0.00000105. The first-order chi connectivity index (χ1) is 12.1. The number of aliphatic carboxylic acids is 1. The minimum Gasteiger partial charge on any atom is -0.545 e. The van der Waals surface area contributed by atoms with Crippen LogP contribution in [0.4, 0.5) is 0 Å². The van der Waals surface area contributed by atoms with Gasteiger partial charge in [-0.3, -0.25) is 4.90 Å². The summed E-state index contributed by atoms with van der Waals surface area (Å²) in [4.78, 5) is 17.7. The molecule has 5 rings (SSSR count). The van der Waals surface area contributed by atoms with Crippen LogP contribution in [0.1, 0.15) is 34.9 Å². The Morgan fingerprint density at radius 1 is 1.38 bits per heavy atom. The number of carbonyl (C=O) groups is 1. The summed E-state index contributed by atoms with van der Waals surface area (Å²) in [7, 11) is 0. The van der Waals surface area contributed by atoms with Crippen LogP contribution in [0.3, 0.4) is 0 Å². The number of fused-ring (bicyclic) bond motifs is 6. The second-order valence-corrected chi connectivity index (χ2v) is 7.53. The second kappa shape index (κ2) is 6.71. The monoisotopic (exact) mass is 366 g/mol. The van der Waals surface area contributed by atoms with Crippen LogP contribution < -0.4 is 34.7 Å². The third kappa shape index (κ3) is 2.64. The van der Waals surface area contributed by atoms with E-state index in [0.29, 0.717) is 5.57 Å². The van der Waals surface area contributed by atoms with Crippen LogP contribution in [-0.2, 0) is 16.0 Å². The number of nitrogens with zero attached hydrogens (tertiary/aromatic N) is 1. The third-order valence-electron chi connectivity index (χ3n) is 6.36. The van der Waals surface area contributed by atoms with E-state index in [1.807, 2.05) is 6.92 Å². The van der Waals surface area contributed by atoms with Crippen LogP contribution in [0.2, 0.25) is 0 Å². The summed E-state index contributed by atoms with van der Waals surface area (Å²) in [6.07, 6.45) is 3.30. The molecule has 1 aromatic carbocycles. The quantitative estimate of drug-likeness (QED) is 0.691. The molecule has 3 aliphatic heterocycles. The Labute approximate surface area is 179 Å². The van der Waals surface area contributed by atoms with Gasteiger partial charge in [0.2, 0.25) is 0 Å². The number of carbonyl (C=O) groups excluding carboxylic acids is 1. The van der Waals surface area contributed by atoms with Gasteiger partial charge in [-0.1, -0.05) is 18.2 Å². The maximum atomic E-state index is 11.6. The molecule has 0 spiro atoms. The minimum absolute atomic E-state index is 0. The number of hydrogen-bond donors (Lipinski definition) is 1. The number of H-pyrrole nitrogens is 1. The van der Waals surface area contributed by atoms with Gasteiger partial charge in [0, 0.05) is 45.5 Å². The topological polar surface area (TPSA) is 68.4 Å². The van der Waals surface area contributed by atoms with Crippen molar-refractivity contribution in [1.82, 2.24) is 9.88 Å². The molecule has 1 fully saturated rings. The van der Waals surface area contributed by atoms with Gasteiger partial charge in [0.1, 0.15) is 0 Å². The van der Waals surface area contributed by atoms with Gasteiger partial charge in [0.05, 0.1) is 24.4 Å². The normalized spacial score (nSPS) is 30.3. The molecule has 26 heavy (non-hydrogen) atoms. The van der Waals surface area contributed by atoms with E-state index in [2.05, 4.69) is 34.1 Å². The molecular weight excluding hydrogens is 339 g/mol. The molecule has 3 aliphatic rings. The summed E-state index contributed by atoms with van der Waals surface area (Å²) < 4.78 is 5.60. The van der Waals surface area contributed by atoms with E-state index in [0.717, 1.165) is 25.9 Å². The van der Waals surface area contributed by atoms with Crippen LogP contribution in [0, 0.1) is 11.8 Å². The van der Waals surface area contributed by atoms with Crippen molar-refractivity contribution in [2.75, 3.05) is 13.1 Å². The van der Waals surface area contributed by atoms with E-state index in [1.54, 1.807) is 0 Å². The number of para-hydroxylation sites is 1. The molecule has 0 radical (unpaired) electrons. The molecule has 0 bridgehead atoms. The molecule has 136 valence electrons. The van der Waals surface area contributed by atoms with Crippen molar-refractivity contribution >= 4 is 16.9 Å². The fraction of sp³-hybridized carbons (Fsp3) is 0.450. The first-order valence-electron chi connectivity index (χ1n) is 9.04. The van der Waals surface area contributed by atoms with Crippen molar-refractivity contribution in [2.24, 2.45) is 11.8 Å². The first kappa shape index (κ1) is 18.1. The van der Waals surface area contributed by atoms with Gasteiger partial charge in [-0.15, -0.1) is 0 Å².